The SMILES string of the molecule is CC(C)(C)c1ccc(B2OC(C)(C)C(C)(C)O2)c(C2CCC(F)(F)CC2)c1. The smallest absolute Gasteiger partial charge is 0.399 e. The molecule has 1 saturated heterocycles. The van der Waals surface area contributed by atoms with Crippen LogP contribution in [0.25, 0.3) is 0 Å². The van der Waals surface area contributed by atoms with Crippen molar-refractivity contribution in [2.24, 2.45) is 0 Å². The first kappa shape index (κ1) is 20.8. The van der Waals surface area contributed by atoms with Crippen LogP contribution in [0.5, 0.6) is 0 Å². The van der Waals surface area contributed by atoms with Crippen molar-refractivity contribution in [2.75, 3.05) is 0 Å². The Labute approximate surface area is 163 Å². The fourth-order valence-corrected chi connectivity index (χ4v) is 3.93. The first-order chi connectivity index (χ1) is 12.2. The van der Waals surface area contributed by atoms with E-state index in [0.717, 1.165) is 11.0 Å². The van der Waals surface area contributed by atoms with Crippen molar-refractivity contribution in [1.82, 2.24) is 0 Å². The molecule has 1 aromatic rings. The van der Waals surface area contributed by atoms with Gasteiger partial charge in [0.1, 0.15) is 0 Å². The van der Waals surface area contributed by atoms with E-state index >= 15 is 0 Å². The number of hydrogen-bond acceptors (Lipinski definition) is 2. The first-order valence-electron chi connectivity index (χ1n) is 10.1. The lowest BCUT2D eigenvalue weighted by molar-refractivity contribution is -0.0381. The van der Waals surface area contributed by atoms with E-state index in [0.29, 0.717) is 12.8 Å². The van der Waals surface area contributed by atoms with E-state index in [1.165, 1.54) is 5.56 Å². The zero-order valence-corrected chi connectivity index (χ0v) is 17.8. The summed E-state index contributed by atoms with van der Waals surface area (Å²) < 4.78 is 40.0. The summed E-state index contributed by atoms with van der Waals surface area (Å²) in [7, 11) is -0.457. The van der Waals surface area contributed by atoms with Crippen LogP contribution in [0.2, 0.25) is 0 Å². The third kappa shape index (κ3) is 4.09. The number of rotatable bonds is 2. The van der Waals surface area contributed by atoms with Gasteiger partial charge in [-0.3, -0.25) is 0 Å². The highest BCUT2D eigenvalue weighted by Gasteiger charge is 2.52. The maximum Gasteiger partial charge on any atom is 0.495 e. The summed E-state index contributed by atoms with van der Waals surface area (Å²) in [5.74, 6) is -2.40. The Kier molecular flexibility index (Phi) is 5.05. The fraction of sp³-hybridized carbons (Fsp3) is 0.727. The monoisotopic (exact) mass is 378 g/mol. The molecule has 27 heavy (non-hydrogen) atoms. The minimum atomic E-state index is -2.53. The molecule has 5 heteroatoms. The highest BCUT2D eigenvalue weighted by Crippen LogP contribution is 2.42. The standard InChI is InChI=1S/C22H33BF2O2/c1-19(2,3)16-8-9-18(23-26-20(4,5)21(6,7)27-23)17(14-16)15-10-12-22(24,25)13-11-15/h8-9,14-15H,10-13H2,1-7H3. The highest BCUT2D eigenvalue weighted by atomic mass is 19.3. The van der Waals surface area contributed by atoms with Crippen molar-refractivity contribution in [3.63, 3.8) is 0 Å². The Morgan fingerprint density at radius 2 is 1.48 bits per heavy atom. The van der Waals surface area contributed by atoms with Crippen LogP contribution in [0.1, 0.15) is 91.2 Å². The van der Waals surface area contributed by atoms with Crippen molar-refractivity contribution < 1.29 is 18.1 Å². The Morgan fingerprint density at radius 1 is 0.963 bits per heavy atom. The second-order valence-corrected chi connectivity index (χ2v) is 10.3. The number of alkyl halides is 2. The number of hydrogen-bond donors (Lipinski definition) is 0. The lowest BCUT2D eigenvalue weighted by Gasteiger charge is -2.32. The minimum Gasteiger partial charge on any atom is -0.399 e. The second-order valence-electron chi connectivity index (χ2n) is 10.3. The molecule has 2 aliphatic rings. The fourth-order valence-electron chi connectivity index (χ4n) is 3.93. The van der Waals surface area contributed by atoms with Crippen LogP contribution in [-0.2, 0) is 14.7 Å². The van der Waals surface area contributed by atoms with Gasteiger partial charge in [0, 0.05) is 12.8 Å². The van der Waals surface area contributed by atoms with Gasteiger partial charge in [0.2, 0.25) is 5.92 Å². The Balaban J connectivity index is 1.99. The molecule has 1 aromatic carbocycles. The zero-order chi connectivity index (χ0) is 20.3. The van der Waals surface area contributed by atoms with E-state index in [9.17, 15) is 8.78 Å². The molecule has 0 atom stereocenters. The van der Waals surface area contributed by atoms with Crippen LogP contribution in [0.3, 0.4) is 0 Å². The van der Waals surface area contributed by atoms with E-state index in [4.69, 9.17) is 9.31 Å². The van der Waals surface area contributed by atoms with Crippen molar-refractivity contribution in [2.45, 2.75) is 103 Å². The van der Waals surface area contributed by atoms with E-state index in [2.05, 4.69) is 39.0 Å². The molecule has 1 saturated carbocycles. The minimum absolute atomic E-state index is 0.00180. The third-order valence-corrected chi connectivity index (χ3v) is 6.62. The largest absolute Gasteiger partial charge is 0.495 e. The maximum absolute atomic E-state index is 13.7. The molecule has 0 spiro atoms. The molecule has 0 bridgehead atoms. The summed E-state index contributed by atoms with van der Waals surface area (Å²) in [6, 6.07) is 6.42. The van der Waals surface area contributed by atoms with Crippen LogP contribution in [0, 0.1) is 0 Å². The van der Waals surface area contributed by atoms with E-state index in [1.54, 1.807) is 0 Å². The topological polar surface area (TPSA) is 18.5 Å². The van der Waals surface area contributed by atoms with Crippen LogP contribution < -0.4 is 5.46 Å². The van der Waals surface area contributed by atoms with Gasteiger partial charge in [-0.25, -0.2) is 8.78 Å². The molecule has 0 N–H and O–H groups in total. The molecule has 2 nitrogen and oxygen atoms in total. The van der Waals surface area contributed by atoms with Gasteiger partial charge in [-0.2, -0.15) is 0 Å². The summed E-state index contributed by atoms with van der Waals surface area (Å²) in [6.45, 7) is 14.7. The van der Waals surface area contributed by atoms with Crippen molar-refractivity contribution in [3.05, 3.63) is 29.3 Å². The molecular weight excluding hydrogens is 345 g/mol. The summed E-state index contributed by atoms with van der Waals surface area (Å²) in [5, 5.41) is 0. The van der Waals surface area contributed by atoms with Gasteiger partial charge < -0.3 is 9.31 Å². The molecule has 1 aliphatic heterocycles. The van der Waals surface area contributed by atoms with Crippen LogP contribution in [-0.4, -0.2) is 24.2 Å². The lowest BCUT2D eigenvalue weighted by Crippen LogP contribution is -2.41. The normalized spacial score (nSPS) is 25.0. The molecule has 2 fully saturated rings. The average Bonchev–Trinajstić information content (AvgIpc) is 2.74. The predicted molar refractivity (Wildman–Crippen MR) is 107 cm³/mol. The van der Waals surface area contributed by atoms with Crippen LogP contribution >= 0.6 is 0 Å². The van der Waals surface area contributed by atoms with Crippen molar-refractivity contribution >= 4 is 12.6 Å². The van der Waals surface area contributed by atoms with Crippen molar-refractivity contribution in [3.8, 4) is 0 Å². The zero-order valence-electron chi connectivity index (χ0n) is 17.8. The average molecular weight is 378 g/mol. The molecule has 150 valence electrons. The van der Waals surface area contributed by atoms with Crippen LogP contribution in [0.15, 0.2) is 18.2 Å². The van der Waals surface area contributed by atoms with Crippen LogP contribution in [0.4, 0.5) is 8.78 Å². The Morgan fingerprint density at radius 3 is 1.96 bits per heavy atom. The molecule has 1 heterocycles. The van der Waals surface area contributed by atoms with Gasteiger partial charge in [0.25, 0.3) is 0 Å². The maximum atomic E-state index is 13.7. The number of halogens is 2. The van der Waals surface area contributed by atoms with Gasteiger partial charge in [-0.1, -0.05) is 39.0 Å². The van der Waals surface area contributed by atoms with E-state index in [-0.39, 0.29) is 24.2 Å². The van der Waals surface area contributed by atoms with Gasteiger partial charge >= 0.3 is 7.12 Å². The second kappa shape index (κ2) is 6.55. The van der Waals surface area contributed by atoms with E-state index < -0.39 is 24.2 Å². The molecule has 1 aliphatic carbocycles. The Bertz CT molecular complexity index is 681. The van der Waals surface area contributed by atoms with E-state index in [1.807, 2.05) is 27.7 Å². The molecule has 0 radical (unpaired) electrons. The quantitative estimate of drug-likeness (QED) is 0.626. The molecular formula is C22H33BF2O2. The summed E-state index contributed by atoms with van der Waals surface area (Å²) in [4.78, 5) is 0. The molecule has 0 unspecified atom stereocenters. The van der Waals surface area contributed by atoms with Gasteiger partial charge in [-0.15, -0.1) is 0 Å². The van der Waals surface area contributed by atoms with Gasteiger partial charge in [-0.05, 0) is 68.5 Å². The van der Waals surface area contributed by atoms with Gasteiger partial charge in [0.05, 0.1) is 11.2 Å². The summed E-state index contributed by atoms with van der Waals surface area (Å²) >= 11 is 0. The molecule has 0 amide bonds. The summed E-state index contributed by atoms with van der Waals surface area (Å²) in [6.07, 6.45) is 0.931. The third-order valence-electron chi connectivity index (χ3n) is 6.62. The Hall–Kier alpha value is -0.935. The summed E-state index contributed by atoms with van der Waals surface area (Å²) in [5.41, 5.74) is 2.50. The van der Waals surface area contributed by atoms with Gasteiger partial charge in [0.15, 0.2) is 0 Å². The number of benzene rings is 1. The molecule has 3 rings (SSSR count). The van der Waals surface area contributed by atoms with Crippen molar-refractivity contribution in [1.29, 1.82) is 0 Å². The first-order valence-corrected chi connectivity index (χ1v) is 10.1. The predicted octanol–water partition coefficient (Wildman–Crippen LogP) is 5.58. The molecule has 0 aromatic heterocycles. The highest BCUT2D eigenvalue weighted by molar-refractivity contribution is 6.62. The lowest BCUT2D eigenvalue weighted by atomic mass is 9.68.